The number of hydrogen-bond acceptors (Lipinski definition) is 2. The molecule has 2 aromatic carbocycles. The van der Waals surface area contributed by atoms with E-state index in [2.05, 4.69) is 10.6 Å². The number of nitrogens with one attached hydrogen (secondary N) is 2. The zero-order chi connectivity index (χ0) is 20.1. The van der Waals surface area contributed by atoms with E-state index in [1.165, 1.54) is 0 Å². The van der Waals surface area contributed by atoms with Crippen molar-refractivity contribution in [3.05, 3.63) is 108 Å². The van der Waals surface area contributed by atoms with Gasteiger partial charge in [-0.2, -0.15) is 0 Å². The Kier molecular flexibility index (Phi) is 5.34. The predicted octanol–water partition coefficient (Wildman–Crippen LogP) is 5.22. The zero-order valence-electron chi connectivity index (χ0n) is 15.8. The van der Waals surface area contributed by atoms with Gasteiger partial charge in [-0.15, -0.1) is 0 Å². The summed E-state index contributed by atoms with van der Waals surface area (Å²) in [6.07, 6.45) is 0.272. The molecule has 0 radical (unpaired) electrons. The van der Waals surface area contributed by atoms with Gasteiger partial charge < -0.3 is 10.6 Å². The van der Waals surface area contributed by atoms with E-state index in [1.54, 1.807) is 24.3 Å². The Labute approximate surface area is 169 Å². The van der Waals surface area contributed by atoms with Crippen LogP contribution in [-0.4, -0.2) is 11.8 Å². The highest BCUT2D eigenvalue weighted by Crippen LogP contribution is 2.27. The predicted molar refractivity (Wildman–Crippen MR) is 116 cm³/mol. The molecule has 2 N–H and O–H groups in total. The Morgan fingerprint density at radius 3 is 2.21 bits per heavy atom. The van der Waals surface area contributed by atoms with Crippen LogP contribution in [0, 0.1) is 0 Å². The number of fused-ring (bicyclic) bond motifs is 1. The van der Waals surface area contributed by atoms with Gasteiger partial charge in [0.15, 0.2) is 0 Å². The molecule has 0 atom stereocenters. The average molecular weight is 380 g/mol. The minimum absolute atomic E-state index is 0.121. The summed E-state index contributed by atoms with van der Waals surface area (Å²) >= 11 is 0. The highest BCUT2D eigenvalue weighted by Gasteiger charge is 2.13. The Morgan fingerprint density at radius 2 is 1.38 bits per heavy atom. The molecule has 0 fully saturated rings. The first-order valence-corrected chi connectivity index (χ1v) is 9.42. The SMILES string of the molecule is O=C(Cc1ccc2cccccc1-2)Nc1cccc(C(=O)Nc2ccccc2)c1. The average Bonchev–Trinajstić information content (AvgIpc) is 2.95. The molecule has 2 aliphatic rings. The van der Waals surface area contributed by atoms with Crippen LogP contribution in [0.2, 0.25) is 0 Å². The molecule has 2 amide bonds. The van der Waals surface area contributed by atoms with Crippen LogP contribution in [0.4, 0.5) is 11.4 Å². The first-order valence-electron chi connectivity index (χ1n) is 9.42. The van der Waals surface area contributed by atoms with Crippen LogP contribution in [0.15, 0.2) is 97.1 Å². The second kappa shape index (κ2) is 8.40. The van der Waals surface area contributed by atoms with Gasteiger partial charge in [-0.25, -0.2) is 0 Å². The first-order chi connectivity index (χ1) is 14.2. The van der Waals surface area contributed by atoms with Crippen LogP contribution < -0.4 is 10.6 Å². The van der Waals surface area contributed by atoms with Gasteiger partial charge >= 0.3 is 0 Å². The van der Waals surface area contributed by atoms with E-state index in [9.17, 15) is 9.59 Å². The highest BCUT2D eigenvalue weighted by atomic mass is 16.2. The molecule has 0 unspecified atom stereocenters. The van der Waals surface area contributed by atoms with Gasteiger partial charge in [0.2, 0.25) is 5.91 Å². The third kappa shape index (κ3) is 4.50. The fourth-order valence-corrected chi connectivity index (χ4v) is 3.27. The monoisotopic (exact) mass is 380 g/mol. The second-order valence-electron chi connectivity index (χ2n) is 6.76. The van der Waals surface area contributed by atoms with E-state index < -0.39 is 0 Å². The zero-order valence-corrected chi connectivity index (χ0v) is 15.8. The van der Waals surface area contributed by atoms with E-state index >= 15 is 0 Å². The topological polar surface area (TPSA) is 58.2 Å². The molecule has 4 nitrogen and oxygen atoms in total. The van der Waals surface area contributed by atoms with Crippen molar-refractivity contribution in [1.82, 2.24) is 0 Å². The maximum atomic E-state index is 12.6. The van der Waals surface area contributed by atoms with Crippen LogP contribution in [0.25, 0.3) is 11.1 Å². The highest BCUT2D eigenvalue weighted by molar-refractivity contribution is 6.05. The van der Waals surface area contributed by atoms with Crippen molar-refractivity contribution in [3.8, 4) is 11.1 Å². The van der Waals surface area contributed by atoms with E-state index in [4.69, 9.17) is 0 Å². The lowest BCUT2D eigenvalue weighted by atomic mass is 10.1. The smallest absolute Gasteiger partial charge is 0.255 e. The normalized spacial score (nSPS) is 10.5. The molecule has 0 saturated heterocycles. The van der Waals surface area contributed by atoms with Crippen molar-refractivity contribution < 1.29 is 9.59 Å². The summed E-state index contributed by atoms with van der Waals surface area (Å²) in [4.78, 5) is 25.0. The molecule has 4 heteroatoms. The lowest BCUT2D eigenvalue weighted by Gasteiger charge is -2.09. The first kappa shape index (κ1) is 18.4. The molecular formula is C25H20N2O2. The minimum atomic E-state index is -0.221. The van der Waals surface area contributed by atoms with Gasteiger partial charge in [0.25, 0.3) is 5.91 Å². The molecule has 2 aromatic rings. The van der Waals surface area contributed by atoms with Crippen molar-refractivity contribution >= 4 is 23.2 Å². The summed E-state index contributed by atoms with van der Waals surface area (Å²) in [5, 5.41) is 5.74. The third-order valence-corrected chi connectivity index (χ3v) is 4.67. The van der Waals surface area contributed by atoms with Gasteiger partial charge in [0.1, 0.15) is 0 Å². The molecule has 0 aliphatic heterocycles. The largest absolute Gasteiger partial charge is 0.326 e. The van der Waals surface area contributed by atoms with Crippen LogP contribution in [0.1, 0.15) is 15.9 Å². The molecular weight excluding hydrogens is 360 g/mol. The standard InChI is InChI=1S/C25H20N2O2/c28-24(17-19-15-14-18-8-3-1-6-13-23(18)19)26-22-12-7-9-20(16-22)25(29)27-21-10-4-2-5-11-21/h1-16H,17H2,(H,26,28)(H,27,29). The Bertz CT molecular complexity index is 1120. The van der Waals surface area contributed by atoms with Gasteiger partial charge in [-0.3, -0.25) is 9.59 Å². The Morgan fingerprint density at radius 1 is 0.655 bits per heavy atom. The number of hydrogen-bond donors (Lipinski definition) is 2. The second-order valence-corrected chi connectivity index (χ2v) is 6.76. The number of benzene rings is 2. The van der Waals surface area contributed by atoms with Crippen molar-refractivity contribution in [2.75, 3.05) is 10.6 Å². The maximum Gasteiger partial charge on any atom is 0.255 e. The van der Waals surface area contributed by atoms with Gasteiger partial charge in [0.05, 0.1) is 6.42 Å². The molecule has 2 aliphatic carbocycles. The van der Waals surface area contributed by atoms with E-state index in [0.717, 1.165) is 22.4 Å². The molecule has 29 heavy (non-hydrogen) atoms. The quantitative estimate of drug-likeness (QED) is 0.498. The maximum absolute atomic E-state index is 12.6. The minimum Gasteiger partial charge on any atom is -0.326 e. The third-order valence-electron chi connectivity index (χ3n) is 4.67. The lowest BCUT2D eigenvalue weighted by molar-refractivity contribution is -0.115. The van der Waals surface area contributed by atoms with Crippen molar-refractivity contribution in [2.24, 2.45) is 0 Å². The lowest BCUT2D eigenvalue weighted by Crippen LogP contribution is -2.16. The van der Waals surface area contributed by atoms with Crippen LogP contribution in [0.5, 0.6) is 0 Å². The summed E-state index contributed by atoms with van der Waals surface area (Å²) < 4.78 is 0. The number of carbonyl (C=O) groups excluding carboxylic acids is 2. The van der Waals surface area contributed by atoms with E-state index in [0.29, 0.717) is 11.3 Å². The van der Waals surface area contributed by atoms with Gasteiger partial charge in [-0.1, -0.05) is 66.7 Å². The Balaban J connectivity index is 1.44. The van der Waals surface area contributed by atoms with Gasteiger partial charge in [-0.05, 0) is 47.0 Å². The summed E-state index contributed by atoms with van der Waals surface area (Å²) in [7, 11) is 0. The number of carbonyl (C=O) groups is 2. The van der Waals surface area contributed by atoms with E-state index in [1.807, 2.05) is 72.8 Å². The van der Waals surface area contributed by atoms with Gasteiger partial charge in [0, 0.05) is 16.9 Å². The van der Waals surface area contributed by atoms with Crippen LogP contribution in [-0.2, 0) is 11.2 Å². The summed E-state index contributed by atoms with van der Waals surface area (Å²) in [5.74, 6) is -0.341. The number of rotatable bonds is 5. The molecule has 4 rings (SSSR count). The van der Waals surface area contributed by atoms with Crippen LogP contribution >= 0.6 is 0 Å². The number of anilines is 2. The fraction of sp³-hybridized carbons (Fsp3) is 0.0400. The molecule has 0 spiro atoms. The van der Waals surface area contributed by atoms with E-state index in [-0.39, 0.29) is 18.2 Å². The molecule has 0 saturated carbocycles. The Hall–Kier alpha value is -3.92. The van der Waals surface area contributed by atoms with Crippen molar-refractivity contribution in [3.63, 3.8) is 0 Å². The summed E-state index contributed by atoms with van der Waals surface area (Å²) in [6, 6.07) is 30.2. The molecule has 0 bridgehead atoms. The van der Waals surface area contributed by atoms with Crippen molar-refractivity contribution in [1.29, 1.82) is 0 Å². The molecule has 142 valence electrons. The molecule has 0 aromatic heterocycles. The van der Waals surface area contributed by atoms with Crippen LogP contribution in [0.3, 0.4) is 0 Å². The fourth-order valence-electron chi connectivity index (χ4n) is 3.27. The number of para-hydroxylation sites is 1. The molecule has 0 heterocycles. The summed E-state index contributed by atoms with van der Waals surface area (Å²) in [6.45, 7) is 0. The number of amides is 2. The van der Waals surface area contributed by atoms with Crippen molar-refractivity contribution in [2.45, 2.75) is 6.42 Å². The summed E-state index contributed by atoms with van der Waals surface area (Å²) in [5.41, 5.74) is 4.96.